The van der Waals surface area contributed by atoms with E-state index in [0.717, 1.165) is 27.7 Å². The Morgan fingerprint density at radius 3 is 2.55 bits per heavy atom. The Kier molecular flexibility index (Phi) is 5.55. The summed E-state index contributed by atoms with van der Waals surface area (Å²) in [6.07, 6.45) is 1.14. The highest BCUT2D eigenvalue weighted by Gasteiger charge is 2.05. The number of benzene rings is 1. The van der Waals surface area contributed by atoms with E-state index < -0.39 is 0 Å². The van der Waals surface area contributed by atoms with Crippen molar-refractivity contribution >= 4 is 23.0 Å². The standard InChI is InChI=1S/C17H24N4S/c1-5-11(2)14-6-8-15(9-7-14)21-17(18)19-10-16-12(3)20-13(4)22-16/h6-9,11H,5,10H2,1-4H3,(H3,18,19,21). The maximum atomic E-state index is 5.96. The fourth-order valence-electron chi connectivity index (χ4n) is 2.20. The Labute approximate surface area is 136 Å². The third-order valence-electron chi connectivity index (χ3n) is 3.76. The van der Waals surface area contributed by atoms with Crippen molar-refractivity contribution in [3.05, 3.63) is 45.4 Å². The number of nitrogens with one attached hydrogen (secondary N) is 1. The molecule has 3 N–H and O–H groups in total. The van der Waals surface area contributed by atoms with Crippen molar-refractivity contribution in [3.63, 3.8) is 0 Å². The van der Waals surface area contributed by atoms with Gasteiger partial charge in [0.25, 0.3) is 0 Å². The number of nitrogens with zero attached hydrogens (tertiary/aromatic N) is 2. The first-order valence-corrected chi connectivity index (χ1v) is 8.41. The molecule has 1 atom stereocenters. The van der Waals surface area contributed by atoms with Crippen LogP contribution in [0.3, 0.4) is 0 Å². The van der Waals surface area contributed by atoms with Crippen LogP contribution in [0.5, 0.6) is 0 Å². The van der Waals surface area contributed by atoms with Crippen LogP contribution in [0.2, 0.25) is 0 Å². The SMILES string of the molecule is CCC(C)c1ccc(NC(N)=NCc2sc(C)nc2C)cc1. The molecule has 0 saturated heterocycles. The number of guanidine groups is 1. The zero-order valence-electron chi connectivity index (χ0n) is 13.7. The molecule has 0 bridgehead atoms. The quantitative estimate of drug-likeness (QED) is 0.642. The molecule has 5 heteroatoms. The average molecular weight is 316 g/mol. The van der Waals surface area contributed by atoms with E-state index in [-0.39, 0.29) is 0 Å². The molecule has 0 spiro atoms. The number of hydrogen-bond acceptors (Lipinski definition) is 3. The highest BCUT2D eigenvalue weighted by molar-refractivity contribution is 7.11. The third-order valence-corrected chi connectivity index (χ3v) is 4.81. The minimum Gasteiger partial charge on any atom is -0.370 e. The van der Waals surface area contributed by atoms with Crippen LogP contribution in [-0.2, 0) is 6.54 Å². The van der Waals surface area contributed by atoms with Gasteiger partial charge in [0.15, 0.2) is 5.96 Å². The van der Waals surface area contributed by atoms with E-state index in [1.807, 2.05) is 26.0 Å². The Bertz CT molecular complexity index is 643. The first kappa shape index (κ1) is 16.5. The minimum atomic E-state index is 0.432. The Hall–Kier alpha value is -1.88. The lowest BCUT2D eigenvalue weighted by molar-refractivity contribution is 0.734. The van der Waals surface area contributed by atoms with Gasteiger partial charge in [0.05, 0.1) is 17.2 Å². The van der Waals surface area contributed by atoms with Crippen LogP contribution in [0.1, 0.15) is 47.3 Å². The predicted octanol–water partition coefficient (Wildman–Crippen LogP) is 4.20. The zero-order chi connectivity index (χ0) is 16.1. The molecular weight excluding hydrogens is 292 g/mol. The number of aliphatic imine (C=N–C) groups is 1. The van der Waals surface area contributed by atoms with Crippen LogP contribution in [0, 0.1) is 13.8 Å². The number of nitrogens with two attached hydrogens (primary N) is 1. The molecule has 1 unspecified atom stereocenters. The molecule has 1 aromatic carbocycles. The third kappa shape index (κ3) is 4.31. The molecule has 0 saturated carbocycles. The number of thiazole rings is 1. The lowest BCUT2D eigenvalue weighted by atomic mass is 9.99. The Morgan fingerprint density at radius 2 is 2.00 bits per heavy atom. The highest BCUT2D eigenvalue weighted by Crippen LogP contribution is 2.21. The molecule has 0 amide bonds. The molecule has 0 radical (unpaired) electrons. The number of anilines is 1. The Morgan fingerprint density at radius 1 is 1.32 bits per heavy atom. The van der Waals surface area contributed by atoms with E-state index >= 15 is 0 Å². The fourth-order valence-corrected chi connectivity index (χ4v) is 3.06. The van der Waals surface area contributed by atoms with Gasteiger partial charge in [0.2, 0.25) is 0 Å². The van der Waals surface area contributed by atoms with Gasteiger partial charge in [0.1, 0.15) is 0 Å². The normalized spacial score (nSPS) is 13.2. The van der Waals surface area contributed by atoms with Crippen LogP contribution in [0.4, 0.5) is 5.69 Å². The number of rotatable bonds is 5. The summed E-state index contributed by atoms with van der Waals surface area (Å²) in [7, 11) is 0. The summed E-state index contributed by atoms with van der Waals surface area (Å²) in [4.78, 5) is 9.95. The van der Waals surface area contributed by atoms with Gasteiger partial charge in [0, 0.05) is 10.6 Å². The van der Waals surface area contributed by atoms with E-state index in [1.54, 1.807) is 11.3 Å². The summed E-state index contributed by atoms with van der Waals surface area (Å²) in [6.45, 7) is 9.01. The van der Waals surface area contributed by atoms with E-state index in [1.165, 1.54) is 5.56 Å². The maximum absolute atomic E-state index is 5.96. The molecule has 118 valence electrons. The number of aromatic nitrogens is 1. The van der Waals surface area contributed by atoms with Crippen molar-refractivity contribution < 1.29 is 0 Å². The lowest BCUT2D eigenvalue weighted by Gasteiger charge is -2.10. The van der Waals surface area contributed by atoms with E-state index in [2.05, 4.69) is 41.3 Å². The molecule has 0 aliphatic rings. The monoisotopic (exact) mass is 316 g/mol. The summed E-state index contributed by atoms with van der Waals surface area (Å²) in [5, 5.41) is 4.20. The summed E-state index contributed by atoms with van der Waals surface area (Å²) in [5.41, 5.74) is 9.31. The summed E-state index contributed by atoms with van der Waals surface area (Å²) < 4.78 is 0. The second-order valence-corrected chi connectivity index (χ2v) is 6.79. The van der Waals surface area contributed by atoms with Gasteiger partial charge >= 0.3 is 0 Å². The topological polar surface area (TPSA) is 63.3 Å². The van der Waals surface area contributed by atoms with Crippen molar-refractivity contribution in [1.82, 2.24) is 4.98 Å². The van der Waals surface area contributed by atoms with Gasteiger partial charge in [-0.25, -0.2) is 9.98 Å². The predicted molar refractivity (Wildman–Crippen MR) is 95.7 cm³/mol. The highest BCUT2D eigenvalue weighted by atomic mass is 32.1. The molecular formula is C17H24N4S. The second-order valence-electron chi connectivity index (χ2n) is 5.50. The van der Waals surface area contributed by atoms with Gasteiger partial charge in [-0.2, -0.15) is 0 Å². The summed E-state index contributed by atoms with van der Waals surface area (Å²) in [5.74, 6) is 1.01. The van der Waals surface area contributed by atoms with Crippen molar-refractivity contribution in [2.45, 2.75) is 46.6 Å². The molecule has 1 heterocycles. The van der Waals surface area contributed by atoms with Crippen molar-refractivity contribution in [2.24, 2.45) is 10.7 Å². The second kappa shape index (κ2) is 7.40. The van der Waals surface area contributed by atoms with Crippen LogP contribution in [0.15, 0.2) is 29.3 Å². The van der Waals surface area contributed by atoms with E-state index in [4.69, 9.17) is 5.73 Å². The Balaban J connectivity index is 1.97. The molecule has 4 nitrogen and oxygen atoms in total. The molecule has 2 aromatic rings. The van der Waals surface area contributed by atoms with E-state index in [0.29, 0.717) is 18.4 Å². The van der Waals surface area contributed by atoms with Gasteiger partial charge < -0.3 is 11.1 Å². The largest absolute Gasteiger partial charge is 0.370 e. The number of aryl methyl sites for hydroxylation is 2. The molecule has 22 heavy (non-hydrogen) atoms. The first-order chi connectivity index (χ1) is 10.5. The summed E-state index contributed by atoms with van der Waals surface area (Å²) >= 11 is 1.67. The number of hydrogen-bond donors (Lipinski definition) is 2. The van der Waals surface area contributed by atoms with Gasteiger partial charge in [-0.15, -0.1) is 11.3 Å². The van der Waals surface area contributed by atoms with Gasteiger partial charge in [-0.1, -0.05) is 26.0 Å². The molecule has 2 rings (SSSR count). The minimum absolute atomic E-state index is 0.432. The van der Waals surface area contributed by atoms with Crippen LogP contribution in [-0.4, -0.2) is 10.9 Å². The first-order valence-electron chi connectivity index (χ1n) is 7.59. The fraction of sp³-hybridized carbons (Fsp3) is 0.412. The van der Waals surface area contributed by atoms with Crippen molar-refractivity contribution in [2.75, 3.05) is 5.32 Å². The molecule has 0 aliphatic carbocycles. The van der Waals surface area contributed by atoms with Crippen LogP contribution < -0.4 is 11.1 Å². The molecule has 0 aliphatic heterocycles. The molecule has 1 aromatic heterocycles. The van der Waals surface area contributed by atoms with Crippen LogP contribution >= 0.6 is 11.3 Å². The lowest BCUT2D eigenvalue weighted by Crippen LogP contribution is -2.22. The summed E-state index contributed by atoms with van der Waals surface area (Å²) in [6, 6.07) is 8.37. The average Bonchev–Trinajstić information content (AvgIpc) is 2.83. The molecule has 0 fully saturated rings. The van der Waals surface area contributed by atoms with Crippen molar-refractivity contribution in [1.29, 1.82) is 0 Å². The smallest absolute Gasteiger partial charge is 0.193 e. The van der Waals surface area contributed by atoms with Gasteiger partial charge in [-0.3, -0.25) is 0 Å². The van der Waals surface area contributed by atoms with E-state index in [9.17, 15) is 0 Å². The zero-order valence-corrected chi connectivity index (χ0v) is 14.5. The maximum Gasteiger partial charge on any atom is 0.193 e. The van der Waals surface area contributed by atoms with Crippen molar-refractivity contribution in [3.8, 4) is 0 Å². The van der Waals surface area contributed by atoms with Gasteiger partial charge in [-0.05, 0) is 43.9 Å². The van der Waals surface area contributed by atoms with Crippen LogP contribution in [0.25, 0.3) is 0 Å².